The van der Waals surface area contributed by atoms with Crippen molar-refractivity contribution in [3.8, 4) is 0 Å². The first-order chi connectivity index (χ1) is 17.1. The summed E-state index contributed by atoms with van der Waals surface area (Å²) >= 11 is 0. The van der Waals surface area contributed by atoms with E-state index in [4.69, 9.17) is 42.3 Å². The number of aliphatic hydroxyl groups is 3. The molecule has 210 valence electrons. The highest BCUT2D eigenvalue weighted by Crippen LogP contribution is 2.28. The van der Waals surface area contributed by atoms with Gasteiger partial charge in [0.1, 0.15) is 30.5 Å². The fraction of sp³-hybridized carbons (Fsp3) is 0.909. The topological polar surface area (TPSA) is 259 Å². The molecule has 2 fully saturated rings. The van der Waals surface area contributed by atoms with Crippen molar-refractivity contribution in [2.24, 2.45) is 22.9 Å². The van der Waals surface area contributed by atoms with Crippen LogP contribution in [0, 0.1) is 0 Å². The van der Waals surface area contributed by atoms with Crippen molar-refractivity contribution in [2.75, 3.05) is 19.7 Å². The van der Waals surface area contributed by atoms with Gasteiger partial charge in [0.05, 0.1) is 18.6 Å². The van der Waals surface area contributed by atoms with Crippen LogP contribution in [0.5, 0.6) is 0 Å². The number of hydrogen-bond acceptors (Lipinski definition) is 12. The number of nitrogens with two attached hydrogens (primary N) is 4. The summed E-state index contributed by atoms with van der Waals surface area (Å²) < 4.78 is 17.6. The Hall–Kier alpha value is -1.46. The third kappa shape index (κ3) is 8.83. The van der Waals surface area contributed by atoms with Crippen molar-refractivity contribution in [1.82, 2.24) is 5.32 Å². The molecule has 0 aromatic rings. The van der Waals surface area contributed by atoms with Crippen molar-refractivity contribution < 1.29 is 44.2 Å². The quantitative estimate of drug-likeness (QED) is 0.100. The second-order valence-electron chi connectivity index (χ2n) is 9.49. The van der Waals surface area contributed by atoms with E-state index in [1.165, 1.54) is 0 Å². The molecule has 1 saturated heterocycles. The van der Waals surface area contributed by atoms with Gasteiger partial charge in [0.25, 0.3) is 0 Å². The second-order valence-corrected chi connectivity index (χ2v) is 9.49. The number of hydrogen-bond donors (Lipinski definition) is 9. The number of rotatable bonds is 14. The molecule has 10 atom stereocenters. The Labute approximate surface area is 210 Å². The van der Waals surface area contributed by atoms with E-state index in [1.807, 2.05) is 0 Å². The van der Waals surface area contributed by atoms with Gasteiger partial charge in [-0.15, -0.1) is 0 Å². The lowest BCUT2D eigenvalue weighted by atomic mass is 9.84. The average molecular weight is 522 g/mol. The zero-order chi connectivity index (χ0) is 26.8. The van der Waals surface area contributed by atoms with E-state index in [2.05, 4.69) is 5.32 Å². The molecule has 1 amide bonds. The number of amides is 1. The summed E-state index contributed by atoms with van der Waals surface area (Å²) in [5.74, 6) is -1.29. The van der Waals surface area contributed by atoms with E-state index < -0.39 is 67.0 Å². The van der Waals surface area contributed by atoms with Crippen molar-refractivity contribution >= 4 is 11.9 Å². The van der Waals surface area contributed by atoms with Gasteiger partial charge in [-0.25, -0.2) is 0 Å². The van der Waals surface area contributed by atoms with Crippen molar-refractivity contribution in [2.45, 2.75) is 106 Å². The van der Waals surface area contributed by atoms with Crippen LogP contribution in [0.2, 0.25) is 0 Å². The Morgan fingerprint density at radius 1 is 0.917 bits per heavy atom. The lowest BCUT2D eigenvalue weighted by molar-refractivity contribution is -0.291. The average Bonchev–Trinajstić information content (AvgIpc) is 2.84. The minimum atomic E-state index is -1.31. The van der Waals surface area contributed by atoms with Crippen molar-refractivity contribution in [1.29, 1.82) is 0 Å². The fourth-order valence-electron chi connectivity index (χ4n) is 4.40. The third-order valence-electron chi connectivity index (χ3n) is 6.61. The molecular formula is C22H43N5O9. The summed E-state index contributed by atoms with van der Waals surface area (Å²) in [7, 11) is 0. The minimum Gasteiger partial charge on any atom is -0.481 e. The molecule has 0 radical (unpaired) electrons. The van der Waals surface area contributed by atoms with E-state index in [0.717, 1.165) is 19.3 Å². The van der Waals surface area contributed by atoms with Crippen LogP contribution in [0.25, 0.3) is 0 Å². The molecule has 0 aromatic heterocycles. The molecule has 1 heterocycles. The molecule has 0 spiro atoms. The number of unbranched alkanes of at least 4 members (excludes halogenated alkanes) is 3. The van der Waals surface area contributed by atoms with Gasteiger partial charge in [-0.05, 0) is 19.3 Å². The van der Waals surface area contributed by atoms with Crippen LogP contribution in [0.4, 0.5) is 0 Å². The highest BCUT2D eigenvalue weighted by molar-refractivity contribution is 5.80. The van der Waals surface area contributed by atoms with Crippen molar-refractivity contribution in [3.63, 3.8) is 0 Å². The summed E-state index contributed by atoms with van der Waals surface area (Å²) in [4.78, 5) is 22.0. The van der Waals surface area contributed by atoms with Gasteiger partial charge < -0.3 is 62.9 Å². The van der Waals surface area contributed by atoms with Crippen LogP contribution in [-0.2, 0) is 23.8 Å². The standard InChI is InChI=1S/C22H43N5O9/c23-10-13-18(32)19(33)16(26)22(35-13)36-20-12(25)9-11(24)17(31)21(20)34-8-4-2-1-3-7-27-14(28)5-6-15(29)30/h11-13,16-22,31-33H,1-10,23-26H2,(H,27,28)(H,29,30)/t11-,12+,13-,16-,17+,18-,19-,20-,21-,22-/m1/s1. The van der Waals surface area contributed by atoms with Crippen molar-refractivity contribution in [3.05, 3.63) is 0 Å². The summed E-state index contributed by atoms with van der Waals surface area (Å²) in [5.41, 5.74) is 23.9. The molecular weight excluding hydrogens is 478 g/mol. The Bertz CT molecular complexity index is 688. The number of ether oxygens (including phenoxy) is 3. The summed E-state index contributed by atoms with van der Waals surface area (Å²) in [6, 6.07) is -2.26. The molecule has 2 rings (SSSR count). The Kier molecular flexibility index (Phi) is 12.9. The highest BCUT2D eigenvalue weighted by Gasteiger charge is 2.48. The monoisotopic (exact) mass is 521 g/mol. The van der Waals surface area contributed by atoms with Crippen LogP contribution in [-0.4, -0.2) is 113 Å². The Morgan fingerprint density at radius 3 is 2.28 bits per heavy atom. The minimum absolute atomic E-state index is 0.0381. The van der Waals surface area contributed by atoms with Gasteiger partial charge in [-0.1, -0.05) is 12.8 Å². The zero-order valence-electron chi connectivity index (χ0n) is 20.5. The first-order valence-electron chi connectivity index (χ1n) is 12.5. The van der Waals surface area contributed by atoms with Gasteiger partial charge in [0, 0.05) is 38.2 Å². The summed E-state index contributed by atoms with van der Waals surface area (Å²) in [6.07, 6.45) is -4.21. The maximum atomic E-state index is 11.5. The lowest BCUT2D eigenvalue weighted by Crippen LogP contribution is -2.67. The number of carbonyl (C=O) groups is 2. The Morgan fingerprint density at radius 2 is 1.61 bits per heavy atom. The summed E-state index contributed by atoms with van der Waals surface area (Å²) in [5, 5.41) is 42.2. The van der Waals surface area contributed by atoms with Crippen LogP contribution in [0.3, 0.4) is 0 Å². The zero-order valence-corrected chi connectivity index (χ0v) is 20.5. The molecule has 0 unspecified atom stereocenters. The molecule has 14 nitrogen and oxygen atoms in total. The van der Waals surface area contributed by atoms with Gasteiger partial charge in [-0.3, -0.25) is 9.59 Å². The predicted molar refractivity (Wildman–Crippen MR) is 127 cm³/mol. The smallest absolute Gasteiger partial charge is 0.303 e. The fourth-order valence-corrected chi connectivity index (χ4v) is 4.40. The molecule has 1 aliphatic carbocycles. The van der Waals surface area contributed by atoms with Crippen LogP contribution < -0.4 is 28.3 Å². The maximum absolute atomic E-state index is 11.5. The normalized spacial score (nSPS) is 37.0. The number of carbonyl (C=O) groups excluding carboxylic acids is 1. The number of nitrogens with one attached hydrogen (secondary N) is 1. The van der Waals surface area contributed by atoms with E-state index in [9.17, 15) is 24.9 Å². The van der Waals surface area contributed by atoms with Gasteiger partial charge >= 0.3 is 5.97 Å². The van der Waals surface area contributed by atoms with Crippen LogP contribution in [0.1, 0.15) is 44.9 Å². The van der Waals surface area contributed by atoms with Crippen LogP contribution in [0.15, 0.2) is 0 Å². The van der Waals surface area contributed by atoms with E-state index in [1.54, 1.807) is 0 Å². The first kappa shape index (κ1) is 30.8. The van der Waals surface area contributed by atoms with E-state index in [-0.39, 0.29) is 31.7 Å². The lowest BCUT2D eigenvalue weighted by Gasteiger charge is -2.46. The Balaban J connectivity index is 1.80. The van der Waals surface area contributed by atoms with E-state index in [0.29, 0.717) is 19.6 Å². The molecule has 0 bridgehead atoms. The van der Waals surface area contributed by atoms with Gasteiger partial charge in [0.2, 0.25) is 5.91 Å². The largest absolute Gasteiger partial charge is 0.481 e. The molecule has 36 heavy (non-hydrogen) atoms. The number of aliphatic hydroxyl groups excluding tert-OH is 3. The summed E-state index contributed by atoms with van der Waals surface area (Å²) in [6.45, 7) is 0.712. The SMILES string of the molecule is NC[C@H]1O[C@H](O[C@H]2[C@H](OCCCCCCNC(=O)CCC(=O)O)[C@@H](O)[C@H](N)C[C@@H]2N)[C@H](N)[C@@H](O)[C@@H]1O. The first-order valence-corrected chi connectivity index (χ1v) is 12.5. The number of aliphatic carboxylic acids is 1. The predicted octanol–water partition coefficient (Wildman–Crippen LogP) is -3.55. The second kappa shape index (κ2) is 15.1. The number of carboxylic acid groups (broad SMARTS) is 1. The van der Waals surface area contributed by atoms with Gasteiger partial charge in [-0.2, -0.15) is 0 Å². The molecule has 0 aromatic carbocycles. The van der Waals surface area contributed by atoms with Crippen LogP contribution >= 0.6 is 0 Å². The third-order valence-corrected chi connectivity index (χ3v) is 6.61. The molecule has 1 aliphatic heterocycles. The maximum Gasteiger partial charge on any atom is 0.303 e. The van der Waals surface area contributed by atoms with Gasteiger partial charge in [0.15, 0.2) is 6.29 Å². The molecule has 13 N–H and O–H groups in total. The van der Waals surface area contributed by atoms with E-state index >= 15 is 0 Å². The highest BCUT2D eigenvalue weighted by atomic mass is 16.7. The number of carboxylic acids is 1. The molecule has 1 saturated carbocycles. The molecule has 2 aliphatic rings. The molecule has 14 heteroatoms.